The molecular weight excluding hydrogens is 306 g/mol. The summed E-state index contributed by atoms with van der Waals surface area (Å²) < 4.78 is 6.04. The number of para-hydroxylation sites is 1. The van der Waals surface area contributed by atoms with Gasteiger partial charge in [-0.2, -0.15) is 0 Å². The first-order valence-corrected chi connectivity index (χ1v) is 7.74. The molecule has 0 atom stereocenters. The van der Waals surface area contributed by atoms with Crippen molar-refractivity contribution < 1.29 is 19.7 Å². The fourth-order valence-corrected chi connectivity index (χ4v) is 2.46. The average molecular weight is 329 g/mol. The summed E-state index contributed by atoms with van der Waals surface area (Å²) in [5.41, 5.74) is 1.45. The molecule has 5 nitrogen and oxygen atoms in total. The molecule has 2 aromatic rings. The van der Waals surface area contributed by atoms with Gasteiger partial charge in [0.15, 0.2) is 5.75 Å². The number of carbonyl (C=O) groups excluding carboxylic acids is 1. The first-order valence-electron chi connectivity index (χ1n) is 7.74. The van der Waals surface area contributed by atoms with Gasteiger partial charge in [-0.05, 0) is 23.6 Å². The van der Waals surface area contributed by atoms with Gasteiger partial charge in [-0.3, -0.25) is 4.79 Å². The Balaban J connectivity index is 2.57. The summed E-state index contributed by atoms with van der Waals surface area (Å²) in [6.45, 7) is 7.18. The normalized spacial score (nSPS) is 11.2. The minimum Gasteiger partial charge on any atom is -0.507 e. The number of benzene rings is 2. The molecule has 0 radical (unpaired) electrons. The summed E-state index contributed by atoms with van der Waals surface area (Å²) in [5.74, 6) is 0.495. The Hall–Kier alpha value is -2.53. The molecule has 24 heavy (non-hydrogen) atoms. The SMILES string of the molecule is CC(=O)Nc1ccc(O)c(CO)c1Oc1ccccc1C(C)(C)C. The van der Waals surface area contributed by atoms with E-state index in [2.05, 4.69) is 26.1 Å². The number of ether oxygens (including phenoxy) is 1. The number of amides is 1. The van der Waals surface area contributed by atoms with Gasteiger partial charge in [-0.15, -0.1) is 0 Å². The monoisotopic (exact) mass is 329 g/mol. The van der Waals surface area contributed by atoms with Gasteiger partial charge in [0.1, 0.15) is 11.5 Å². The van der Waals surface area contributed by atoms with Crippen LogP contribution in [0.15, 0.2) is 36.4 Å². The Labute approximate surface area is 141 Å². The van der Waals surface area contributed by atoms with Crippen LogP contribution in [0.1, 0.15) is 38.8 Å². The fourth-order valence-electron chi connectivity index (χ4n) is 2.46. The van der Waals surface area contributed by atoms with Crippen LogP contribution in [0.3, 0.4) is 0 Å². The number of aromatic hydroxyl groups is 1. The van der Waals surface area contributed by atoms with E-state index in [0.29, 0.717) is 11.4 Å². The summed E-state index contributed by atoms with van der Waals surface area (Å²) in [6.07, 6.45) is 0. The summed E-state index contributed by atoms with van der Waals surface area (Å²) >= 11 is 0. The number of hydrogen-bond donors (Lipinski definition) is 3. The molecule has 0 saturated carbocycles. The van der Waals surface area contributed by atoms with E-state index in [1.807, 2.05) is 24.3 Å². The van der Waals surface area contributed by atoms with Crippen molar-refractivity contribution in [2.45, 2.75) is 39.7 Å². The molecular formula is C19H23NO4. The maximum absolute atomic E-state index is 11.4. The molecule has 128 valence electrons. The third-order valence-electron chi connectivity index (χ3n) is 3.61. The number of rotatable bonds is 4. The van der Waals surface area contributed by atoms with Crippen LogP contribution in [0.5, 0.6) is 17.2 Å². The van der Waals surface area contributed by atoms with Crippen molar-refractivity contribution in [3.05, 3.63) is 47.5 Å². The highest BCUT2D eigenvalue weighted by Gasteiger charge is 2.22. The Bertz CT molecular complexity index is 748. The van der Waals surface area contributed by atoms with E-state index >= 15 is 0 Å². The minimum atomic E-state index is -0.410. The lowest BCUT2D eigenvalue weighted by Gasteiger charge is -2.24. The largest absolute Gasteiger partial charge is 0.507 e. The van der Waals surface area contributed by atoms with Gasteiger partial charge in [0.05, 0.1) is 17.9 Å². The van der Waals surface area contributed by atoms with E-state index in [9.17, 15) is 15.0 Å². The molecule has 0 aliphatic rings. The summed E-state index contributed by atoms with van der Waals surface area (Å²) in [5, 5.41) is 22.3. The van der Waals surface area contributed by atoms with Gasteiger partial charge in [0.25, 0.3) is 0 Å². The van der Waals surface area contributed by atoms with Gasteiger partial charge in [0.2, 0.25) is 5.91 Å². The molecule has 0 heterocycles. The lowest BCUT2D eigenvalue weighted by Crippen LogP contribution is -2.13. The first kappa shape index (κ1) is 17.8. The third kappa shape index (κ3) is 3.86. The standard InChI is InChI=1S/C19H23NO4/c1-12(22)20-15-9-10-16(23)13(11-21)18(15)24-17-8-6-5-7-14(17)19(2,3)4/h5-10,21,23H,11H2,1-4H3,(H,20,22). The van der Waals surface area contributed by atoms with Gasteiger partial charge in [-0.1, -0.05) is 39.0 Å². The summed E-state index contributed by atoms with van der Waals surface area (Å²) in [4.78, 5) is 11.4. The van der Waals surface area contributed by atoms with Crippen molar-refractivity contribution >= 4 is 11.6 Å². The molecule has 0 saturated heterocycles. The molecule has 0 aliphatic carbocycles. The highest BCUT2D eigenvalue weighted by Crippen LogP contribution is 2.41. The smallest absolute Gasteiger partial charge is 0.221 e. The molecule has 2 rings (SSSR count). The van der Waals surface area contributed by atoms with E-state index in [1.54, 1.807) is 6.07 Å². The molecule has 0 aliphatic heterocycles. The quantitative estimate of drug-likeness (QED) is 0.743. The molecule has 5 heteroatoms. The van der Waals surface area contributed by atoms with E-state index in [4.69, 9.17) is 4.74 Å². The van der Waals surface area contributed by atoms with Gasteiger partial charge < -0.3 is 20.3 Å². The second-order valence-electron chi connectivity index (χ2n) is 6.63. The third-order valence-corrected chi connectivity index (χ3v) is 3.61. The van der Waals surface area contributed by atoms with Crippen molar-refractivity contribution in [2.75, 3.05) is 5.32 Å². The van der Waals surface area contributed by atoms with Crippen molar-refractivity contribution in [2.24, 2.45) is 0 Å². The van der Waals surface area contributed by atoms with Crippen LogP contribution in [0.4, 0.5) is 5.69 Å². The Morgan fingerprint density at radius 3 is 2.42 bits per heavy atom. The highest BCUT2D eigenvalue weighted by molar-refractivity contribution is 5.91. The van der Waals surface area contributed by atoms with Crippen LogP contribution in [-0.4, -0.2) is 16.1 Å². The maximum Gasteiger partial charge on any atom is 0.221 e. The molecule has 2 aromatic carbocycles. The number of carbonyl (C=O) groups is 1. The number of phenols is 1. The lowest BCUT2D eigenvalue weighted by molar-refractivity contribution is -0.114. The number of nitrogens with one attached hydrogen (secondary N) is 1. The Kier molecular flexibility index (Phi) is 5.14. The van der Waals surface area contributed by atoms with Gasteiger partial charge >= 0.3 is 0 Å². The average Bonchev–Trinajstić information content (AvgIpc) is 2.49. The molecule has 0 fully saturated rings. The number of hydrogen-bond acceptors (Lipinski definition) is 4. The van der Waals surface area contributed by atoms with E-state index in [1.165, 1.54) is 13.0 Å². The zero-order chi connectivity index (χ0) is 17.9. The molecule has 0 aromatic heterocycles. The second-order valence-corrected chi connectivity index (χ2v) is 6.63. The Morgan fingerprint density at radius 1 is 1.17 bits per heavy atom. The second kappa shape index (κ2) is 6.93. The highest BCUT2D eigenvalue weighted by atomic mass is 16.5. The molecule has 0 bridgehead atoms. The van der Waals surface area contributed by atoms with Crippen molar-refractivity contribution in [3.63, 3.8) is 0 Å². The minimum absolute atomic E-state index is 0.0881. The number of aliphatic hydroxyl groups is 1. The summed E-state index contributed by atoms with van der Waals surface area (Å²) in [7, 11) is 0. The first-order chi connectivity index (χ1) is 11.2. The molecule has 0 spiro atoms. The molecule has 1 amide bonds. The van der Waals surface area contributed by atoms with Gasteiger partial charge in [-0.25, -0.2) is 0 Å². The summed E-state index contributed by atoms with van der Waals surface area (Å²) in [6, 6.07) is 10.5. The van der Waals surface area contributed by atoms with Crippen LogP contribution in [0, 0.1) is 0 Å². The lowest BCUT2D eigenvalue weighted by atomic mass is 9.86. The van der Waals surface area contributed by atoms with Crippen molar-refractivity contribution in [1.82, 2.24) is 0 Å². The van der Waals surface area contributed by atoms with Crippen molar-refractivity contribution in [1.29, 1.82) is 0 Å². The van der Waals surface area contributed by atoms with E-state index < -0.39 is 6.61 Å². The molecule has 3 N–H and O–H groups in total. The van der Waals surface area contributed by atoms with E-state index in [-0.39, 0.29) is 28.4 Å². The van der Waals surface area contributed by atoms with Crippen LogP contribution in [-0.2, 0) is 16.8 Å². The van der Waals surface area contributed by atoms with Crippen LogP contribution >= 0.6 is 0 Å². The van der Waals surface area contributed by atoms with Crippen molar-refractivity contribution in [3.8, 4) is 17.2 Å². The van der Waals surface area contributed by atoms with Gasteiger partial charge in [0, 0.05) is 12.5 Å². The number of anilines is 1. The Morgan fingerprint density at radius 2 is 1.83 bits per heavy atom. The topological polar surface area (TPSA) is 78.8 Å². The predicted octanol–water partition coefficient (Wildman–Crippen LogP) is 3.93. The fraction of sp³-hybridized carbons (Fsp3) is 0.316. The maximum atomic E-state index is 11.4. The molecule has 0 unspecified atom stereocenters. The van der Waals surface area contributed by atoms with Crippen LogP contribution in [0.2, 0.25) is 0 Å². The zero-order valence-corrected chi connectivity index (χ0v) is 14.4. The van der Waals surface area contributed by atoms with E-state index in [0.717, 1.165) is 5.56 Å². The zero-order valence-electron chi connectivity index (χ0n) is 14.4. The van der Waals surface area contributed by atoms with Crippen LogP contribution < -0.4 is 10.1 Å². The van der Waals surface area contributed by atoms with Crippen LogP contribution in [0.25, 0.3) is 0 Å². The predicted molar refractivity (Wildman–Crippen MR) is 93.5 cm³/mol. The number of aliphatic hydroxyl groups excluding tert-OH is 1.